The summed E-state index contributed by atoms with van der Waals surface area (Å²) in [7, 11) is 1.59. The summed E-state index contributed by atoms with van der Waals surface area (Å²) in [6.45, 7) is -0.0204. The number of carbonyl (C=O) groups is 1. The highest BCUT2D eigenvalue weighted by Crippen LogP contribution is 2.28. The normalized spacial score (nSPS) is 11.2. The molecular formula is C23H18Cl2O3. The summed E-state index contributed by atoms with van der Waals surface area (Å²) in [4.78, 5) is 12.9. The number of halogens is 2. The fraction of sp³-hybridized carbons (Fsp3) is 0.0870. The van der Waals surface area contributed by atoms with Crippen LogP contribution in [-0.2, 0) is 16.1 Å². The van der Waals surface area contributed by atoms with Crippen LogP contribution in [0.4, 0.5) is 0 Å². The van der Waals surface area contributed by atoms with Crippen molar-refractivity contribution in [1.82, 2.24) is 0 Å². The number of hydrogen-bond acceptors (Lipinski definition) is 3. The maximum Gasteiger partial charge on any atom is 0.339 e. The zero-order valence-corrected chi connectivity index (χ0v) is 16.7. The van der Waals surface area contributed by atoms with Crippen LogP contribution >= 0.6 is 23.2 Å². The SMILES string of the molecule is COc1ccccc1/C=C(\C(=O)OCc1c(Cl)cccc1Cl)c1ccccc1. The second-order valence-electron chi connectivity index (χ2n) is 5.94. The third-order valence-electron chi connectivity index (χ3n) is 4.15. The molecule has 0 heterocycles. The molecule has 0 aliphatic carbocycles. The number of methoxy groups -OCH3 is 1. The van der Waals surface area contributed by atoms with Crippen LogP contribution in [0.1, 0.15) is 16.7 Å². The number of carbonyl (C=O) groups excluding carboxylic acids is 1. The molecule has 0 spiro atoms. The highest BCUT2D eigenvalue weighted by molar-refractivity contribution is 6.36. The van der Waals surface area contributed by atoms with Crippen molar-refractivity contribution in [2.45, 2.75) is 6.61 Å². The molecule has 0 radical (unpaired) electrons. The smallest absolute Gasteiger partial charge is 0.339 e. The van der Waals surface area contributed by atoms with Crippen LogP contribution < -0.4 is 4.74 Å². The van der Waals surface area contributed by atoms with E-state index in [0.29, 0.717) is 26.9 Å². The summed E-state index contributed by atoms with van der Waals surface area (Å²) in [6.07, 6.45) is 1.75. The molecule has 0 aliphatic heterocycles. The summed E-state index contributed by atoms with van der Waals surface area (Å²) in [5, 5.41) is 0.908. The molecule has 5 heteroatoms. The van der Waals surface area contributed by atoms with Gasteiger partial charge in [0.25, 0.3) is 0 Å². The monoisotopic (exact) mass is 412 g/mol. The third-order valence-corrected chi connectivity index (χ3v) is 4.86. The molecule has 0 fully saturated rings. The fourth-order valence-electron chi connectivity index (χ4n) is 2.70. The lowest BCUT2D eigenvalue weighted by Gasteiger charge is -2.12. The molecule has 3 nitrogen and oxygen atoms in total. The Balaban J connectivity index is 1.93. The maximum atomic E-state index is 12.9. The topological polar surface area (TPSA) is 35.5 Å². The molecular weight excluding hydrogens is 395 g/mol. The number of rotatable bonds is 6. The van der Waals surface area contributed by atoms with Gasteiger partial charge in [0.1, 0.15) is 12.4 Å². The molecule has 3 rings (SSSR count). The van der Waals surface area contributed by atoms with Gasteiger partial charge in [-0.05, 0) is 29.8 Å². The van der Waals surface area contributed by atoms with E-state index >= 15 is 0 Å². The highest BCUT2D eigenvalue weighted by Gasteiger charge is 2.16. The Morgan fingerprint density at radius 1 is 0.893 bits per heavy atom. The Kier molecular flexibility index (Phi) is 6.75. The third kappa shape index (κ3) is 4.75. The van der Waals surface area contributed by atoms with Crippen LogP contribution in [0.15, 0.2) is 72.8 Å². The summed E-state index contributed by atoms with van der Waals surface area (Å²) in [5.41, 5.74) is 2.50. The standard InChI is InChI=1S/C23H18Cl2O3/c1-27-22-13-6-5-10-17(22)14-18(16-8-3-2-4-9-16)23(26)28-15-19-20(24)11-7-12-21(19)25/h2-14H,15H2,1H3/b18-14-. The number of ether oxygens (including phenoxy) is 2. The summed E-state index contributed by atoms with van der Waals surface area (Å²) in [6, 6.07) is 21.9. The molecule has 3 aromatic rings. The van der Waals surface area contributed by atoms with E-state index in [-0.39, 0.29) is 6.61 Å². The van der Waals surface area contributed by atoms with Gasteiger partial charge in [-0.1, -0.05) is 77.8 Å². The van der Waals surface area contributed by atoms with E-state index < -0.39 is 5.97 Å². The van der Waals surface area contributed by atoms with E-state index in [1.807, 2.05) is 54.6 Å². The van der Waals surface area contributed by atoms with Crippen molar-refractivity contribution < 1.29 is 14.3 Å². The van der Waals surface area contributed by atoms with Crippen LogP contribution in [0.3, 0.4) is 0 Å². The van der Waals surface area contributed by atoms with Gasteiger partial charge in [0.15, 0.2) is 0 Å². The van der Waals surface area contributed by atoms with E-state index in [1.54, 1.807) is 31.4 Å². The molecule has 142 valence electrons. The van der Waals surface area contributed by atoms with E-state index in [4.69, 9.17) is 32.7 Å². The number of esters is 1. The predicted molar refractivity (Wildman–Crippen MR) is 114 cm³/mol. The van der Waals surface area contributed by atoms with Crippen LogP contribution in [0.2, 0.25) is 10.0 Å². The van der Waals surface area contributed by atoms with Gasteiger partial charge in [0.2, 0.25) is 0 Å². The van der Waals surface area contributed by atoms with E-state index in [9.17, 15) is 4.79 Å². The summed E-state index contributed by atoms with van der Waals surface area (Å²) >= 11 is 12.3. The van der Waals surface area contributed by atoms with Crippen LogP contribution in [0, 0.1) is 0 Å². The first-order chi connectivity index (χ1) is 13.6. The quantitative estimate of drug-likeness (QED) is 0.271. The number of para-hydroxylation sites is 1. The van der Waals surface area contributed by atoms with Gasteiger partial charge < -0.3 is 9.47 Å². The predicted octanol–water partition coefficient (Wildman–Crippen LogP) is 6.29. The summed E-state index contributed by atoms with van der Waals surface area (Å²) < 4.78 is 10.9. The first-order valence-corrected chi connectivity index (χ1v) is 9.36. The Morgan fingerprint density at radius 2 is 1.54 bits per heavy atom. The highest BCUT2D eigenvalue weighted by atomic mass is 35.5. The van der Waals surface area contributed by atoms with E-state index in [1.165, 1.54) is 0 Å². The van der Waals surface area contributed by atoms with Gasteiger partial charge in [0.05, 0.1) is 12.7 Å². The second kappa shape index (κ2) is 9.45. The van der Waals surface area contributed by atoms with Crippen molar-refractivity contribution in [3.05, 3.63) is 99.5 Å². The van der Waals surface area contributed by atoms with Crippen molar-refractivity contribution in [2.75, 3.05) is 7.11 Å². The molecule has 0 amide bonds. The minimum Gasteiger partial charge on any atom is -0.496 e. The van der Waals surface area contributed by atoms with Gasteiger partial charge in [0, 0.05) is 21.2 Å². The van der Waals surface area contributed by atoms with Crippen molar-refractivity contribution in [3.63, 3.8) is 0 Å². The fourth-order valence-corrected chi connectivity index (χ4v) is 3.21. The van der Waals surface area contributed by atoms with Gasteiger partial charge in [-0.15, -0.1) is 0 Å². The molecule has 0 saturated carbocycles. The molecule has 0 N–H and O–H groups in total. The van der Waals surface area contributed by atoms with Gasteiger partial charge in [-0.2, -0.15) is 0 Å². The van der Waals surface area contributed by atoms with Crippen molar-refractivity contribution >= 4 is 40.8 Å². The average molecular weight is 413 g/mol. The summed E-state index contributed by atoms with van der Waals surface area (Å²) in [5.74, 6) is 0.186. The first-order valence-electron chi connectivity index (χ1n) is 8.60. The van der Waals surface area contributed by atoms with Crippen molar-refractivity contribution in [3.8, 4) is 5.75 Å². The Hall–Kier alpha value is -2.75. The molecule has 0 bridgehead atoms. The van der Waals surface area contributed by atoms with E-state index in [2.05, 4.69) is 0 Å². The van der Waals surface area contributed by atoms with Crippen molar-refractivity contribution in [2.24, 2.45) is 0 Å². The van der Waals surface area contributed by atoms with Crippen LogP contribution in [0.25, 0.3) is 11.6 Å². The molecule has 0 unspecified atom stereocenters. The largest absolute Gasteiger partial charge is 0.496 e. The van der Waals surface area contributed by atoms with E-state index in [0.717, 1.165) is 11.1 Å². The minimum absolute atomic E-state index is 0.0204. The lowest BCUT2D eigenvalue weighted by molar-refractivity contribution is -0.137. The first kappa shape index (κ1) is 20.0. The second-order valence-corrected chi connectivity index (χ2v) is 6.76. The molecule has 0 aromatic heterocycles. The number of benzene rings is 3. The van der Waals surface area contributed by atoms with Gasteiger partial charge >= 0.3 is 5.97 Å². The Bertz CT molecular complexity index is 977. The zero-order valence-electron chi connectivity index (χ0n) is 15.2. The van der Waals surface area contributed by atoms with Crippen molar-refractivity contribution in [1.29, 1.82) is 0 Å². The Morgan fingerprint density at radius 3 is 2.21 bits per heavy atom. The average Bonchev–Trinajstić information content (AvgIpc) is 2.72. The number of hydrogen-bond donors (Lipinski definition) is 0. The molecule has 3 aromatic carbocycles. The van der Waals surface area contributed by atoms with Gasteiger partial charge in [-0.3, -0.25) is 0 Å². The molecule has 28 heavy (non-hydrogen) atoms. The maximum absolute atomic E-state index is 12.9. The van der Waals surface area contributed by atoms with Crippen LogP contribution in [0.5, 0.6) is 5.75 Å². The lowest BCUT2D eigenvalue weighted by atomic mass is 10.0. The van der Waals surface area contributed by atoms with Crippen LogP contribution in [-0.4, -0.2) is 13.1 Å². The molecule has 0 atom stereocenters. The molecule has 0 saturated heterocycles. The zero-order chi connectivity index (χ0) is 19.9. The minimum atomic E-state index is -0.479. The molecule has 0 aliphatic rings. The lowest BCUT2D eigenvalue weighted by Crippen LogP contribution is -2.08. The van der Waals surface area contributed by atoms with Gasteiger partial charge in [-0.25, -0.2) is 4.79 Å². The Labute approximate surface area is 174 Å².